The van der Waals surface area contributed by atoms with Gasteiger partial charge in [-0.15, -0.1) is 20.9 Å². The highest BCUT2D eigenvalue weighted by atomic mass is 32.2. The van der Waals surface area contributed by atoms with E-state index >= 15 is 0 Å². The number of rotatable bonds is 8. The third-order valence-corrected chi connectivity index (χ3v) is 6.47. The molecule has 3 rings (SSSR count). The smallest absolute Gasteiger partial charge is 0.286 e. The molecule has 0 aliphatic heterocycles. The molecule has 0 spiro atoms. The van der Waals surface area contributed by atoms with Crippen LogP contribution in [0.4, 0.5) is 17.6 Å². The van der Waals surface area contributed by atoms with Gasteiger partial charge in [0, 0.05) is 24.1 Å². The lowest BCUT2D eigenvalue weighted by Gasteiger charge is -2.10. The number of amides is 1. The quantitative estimate of drug-likeness (QED) is 0.450. The molecule has 0 fully saturated rings. The van der Waals surface area contributed by atoms with Crippen LogP contribution in [0, 0.1) is 0 Å². The largest absolute Gasteiger partial charge is 0.366 e. The standard InChI is InChI=1S/C19H22N6O3S2/c1-13(26)22-15-5-9-17(10-6-15)30(27,28)25-19(23-18(20)24-25)21-12-11-14-3-7-16(29-2)8-4-14/h3-10H,11-12H2,1-2H3,(H,22,26)(H3,20,21,23,24). The highest BCUT2D eigenvalue weighted by molar-refractivity contribution is 7.98. The van der Waals surface area contributed by atoms with E-state index in [4.69, 9.17) is 5.73 Å². The van der Waals surface area contributed by atoms with Crippen LogP contribution in [-0.2, 0) is 21.2 Å². The second kappa shape index (κ2) is 9.18. The Morgan fingerprint density at radius 3 is 2.40 bits per heavy atom. The molecule has 158 valence electrons. The number of carbonyl (C=O) groups excluding carboxylic acids is 1. The third-order valence-electron chi connectivity index (χ3n) is 4.15. The molecule has 0 aliphatic rings. The SMILES string of the molecule is CSc1ccc(CCNc2nc(N)nn2S(=O)(=O)c2ccc(NC(C)=O)cc2)cc1. The Labute approximate surface area is 179 Å². The van der Waals surface area contributed by atoms with Crippen molar-refractivity contribution in [3.63, 3.8) is 0 Å². The van der Waals surface area contributed by atoms with Gasteiger partial charge in [0.15, 0.2) is 0 Å². The summed E-state index contributed by atoms with van der Waals surface area (Å²) in [6.07, 6.45) is 2.69. The average Bonchev–Trinajstić information content (AvgIpc) is 3.10. The summed E-state index contributed by atoms with van der Waals surface area (Å²) in [7, 11) is -4.01. The van der Waals surface area contributed by atoms with Crippen molar-refractivity contribution in [2.75, 3.05) is 29.2 Å². The molecule has 3 aromatic rings. The maximum Gasteiger partial charge on any atom is 0.286 e. The van der Waals surface area contributed by atoms with E-state index < -0.39 is 10.0 Å². The first-order chi connectivity index (χ1) is 14.3. The van der Waals surface area contributed by atoms with Crippen molar-refractivity contribution in [2.24, 2.45) is 0 Å². The van der Waals surface area contributed by atoms with Crippen LogP contribution < -0.4 is 16.4 Å². The first-order valence-corrected chi connectivity index (χ1v) is 11.7. The molecular weight excluding hydrogens is 424 g/mol. The third kappa shape index (κ3) is 5.10. The van der Waals surface area contributed by atoms with E-state index in [1.54, 1.807) is 11.8 Å². The van der Waals surface area contributed by atoms with E-state index in [2.05, 4.69) is 20.7 Å². The topological polar surface area (TPSA) is 132 Å². The number of carbonyl (C=O) groups is 1. The summed E-state index contributed by atoms with van der Waals surface area (Å²) in [5.74, 6) is -0.358. The molecule has 11 heteroatoms. The Morgan fingerprint density at radius 2 is 1.80 bits per heavy atom. The van der Waals surface area contributed by atoms with Gasteiger partial charge in [-0.3, -0.25) is 4.79 Å². The lowest BCUT2D eigenvalue weighted by molar-refractivity contribution is -0.114. The molecule has 2 aromatic carbocycles. The van der Waals surface area contributed by atoms with E-state index in [0.29, 0.717) is 18.7 Å². The summed E-state index contributed by atoms with van der Waals surface area (Å²) in [5, 5.41) is 9.42. The van der Waals surface area contributed by atoms with Crippen LogP contribution >= 0.6 is 11.8 Å². The summed E-state index contributed by atoms with van der Waals surface area (Å²) in [5.41, 5.74) is 7.25. The van der Waals surface area contributed by atoms with Gasteiger partial charge in [-0.2, -0.15) is 13.4 Å². The van der Waals surface area contributed by atoms with Crippen molar-refractivity contribution in [1.82, 2.24) is 14.2 Å². The summed E-state index contributed by atoms with van der Waals surface area (Å²) in [4.78, 5) is 16.3. The van der Waals surface area contributed by atoms with Crippen molar-refractivity contribution in [1.29, 1.82) is 0 Å². The maximum absolute atomic E-state index is 13.0. The zero-order chi connectivity index (χ0) is 21.7. The van der Waals surface area contributed by atoms with Crippen molar-refractivity contribution >= 4 is 45.3 Å². The number of benzene rings is 2. The number of nitrogens with zero attached hydrogens (tertiary/aromatic N) is 3. The van der Waals surface area contributed by atoms with Gasteiger partial charge < -0.3 is 16.4 Å². The molecule has 1 amide bonds. The van der Waals surface area contributed by atoms with E-state index in [1.165, 1.54) is 36.1 Å². The molecule has 0 saturated carbocycles. The van der Waals surface area contributed by atoms with Crippen molar-refractivity contribution in [3.8, 4) is 0 Å². The van der Waals surface area contributed by atoms with Crippen molar-refractivity contribution in [2.45, 2.75) is 23.1 Å². The highest BCUT2D eigenvalue weighted by Crippen LogP contribution is 2.20. The predicted octanol–water partition coefficient (Wildman–Crippen LogP) is 2.43. The molecule has 0 radical (unpaired) electrons. The number of nitrogens with one attached hydrogen (secondary N) is 2. The summed E-state index contributed by atoms with van der Waals surface area (Å²) < 4.78 is 26.7. The molecule has 1 aromatic heterocycles. The van der Waals surface area contributed by atoms with Gasteiger partial charge in [0.2, 0.25) is 17.8 Å². The van der Waals surface area contributed by atoms with Gasteiger partial charge in [0.25, 0.3) is 10.0 Å². The predicted molar refractivity (Wildman–Crippen MR) is 118 cm³/mol. The highest BCUT2D eigenvalue weighted by Gasteiger charge is 2.23. The maximum atomic E-state index is 13.0. The molecule has 9 nitrogen and oxygen atoms in total. The van der Waals surface area contributed by atoms with E-state index in [1.807, 2.05) is 30.5 Å². The first kappa shape index (κ1) is 21.7. The number of nitrogens with two attached hydrogens (primary N) is 1. The lowest BCUT2D eigenvalue weighted by atomic mass is 10.1. The molecule has 0 unspecified atom stereocenters. The number of hydrogen-bond acceptors (Lipinski definition) is 8. The molecular formula is C19H22N6O3S2. The molecule has 30 heavy (non-hydrogen) atoms. The molecule has 0 aliphatic carbocycles. The Hall–Kier alpha value is -3.05. The van der Waals surface area contributed by atoms with Gasteiger partial charge in [0.05, 0.1) is 4.90 Å². The Kier molecular flexibility index (Phi) is 6.63. The number of thioether (sulfide) groups is 1. The minimum absolute atomic E-state index is 0.00259. The first-order valence-electron chi connectivity index (χ1n) is 9.02. The van der Waals surface area contributed by atoms with Crippen LogP contribution in [-0.4, -0.2) is 41.3 Å². The van der Waals surface area contributed by atoms with Crippen LogP contribution in [0.15, 0.2) is 58.3 Å². The van der Waals surface area contributed by atoms with Gasteiger partial charge in [0.1, 0.15) is 0 Å². The second-order valence-corrected chi connectivity index (χ2v) is 9.02. The Morgan fingerprint density at radius 1 is 1.13 bits per heavy atom. The molecule has 0 atom stereocenters. The van der Waals surface area contributed by atoms with Crippen LogP contribution in [0.3, 0.4) is 0 Å². The zero-order valence-corrected chi connectivity index (χ0v) is 18.1. The minimum atomic E-state index is -4.01. The molecule has 0 bridgehead atoms. The second-order valence-electron chi connectivity index (χ2n) is 6.37. The van der Waals surface area contributed by atoms with Crippen molar-refractivity contribution < 1.29 is 13.2 Å². The van der Waals surface area contributed by atoms with E-state index in [0.717, 1.165) is 9.65 Å². The minimum Gasteiger partial charge on any atom is -0.366 e. The number of anilines is 3. The van der Waals surface area contributed by atoms with E-state index in [9.17, 15) is 13.2 Å². The fourth-order valence-corrected chi connectivity index (χ4v) is 4.33. The average molecular weight is 447 g/mol. The summed E-state index contributed by atoms with van der Waals surface area (Å²) in [6.45, 7) is 1.83. The fraction of sp³-hybridized carbons (Fsp3) is 0.211. The fourth-order valence-electron chi connectivity index (χ4n) is 2.71. The number of hydrogen-bond donors (Lipinski definition) is 3. The molecule has 4 N–H and O–H groups in total. The zero-order valence-electron chi connectivity index (χ0n) is 16.5. The Balaban J connectivity index is 1.75. The molecule has 1 heterocycles. The van der Waals surface area contributed by atoms with Crippen LogP contribution in [0.5, 0.6) is 0 Å². The van der Waals surface area contributed by atoms with Gasteiger partial charge in [-0.1, -0.05) is 12.1 Å². The van der Waals surface area contributed by atoms with E-state index in [-0.39, 0.29) is 22.7 Å². The normalized spacial score (nSPS) is 11.3. The number of nitrogen functional groups attached to an aromatic ring is 1. The number of aromatic nitrogens is 3. The summed E-state index contributed by atoms with van der Waals surface area (Å²) in [6, 6.07) is 13.9. The molecule has 0 saturated heterocycles. The van der Waals surface area contributed by atoms with Gasteiger partial charge in [-0.25, -0.2) is 0 Å². The van der Waals surface area contributed by atoms with Crippen LogP contribution in [0.2, 0.25) is 0 Å². The van der Waals surface area contributed by atoms with Gasteiger partial charge in [-0.05, 0) is 54.6 Å². The monoisotopic (exact) mass is 446 g/mol. The van der Waals surface area contributed by atoms with Gasteiger partial charge >= 0.3 is 0 Å². The van der Waals surface area contributed by atoms with Crippen LogP contribution in [0.1, 0.15) is 12.5 Å². The summed E-state index contributed by atoms with van der Waals surface area (Å²) >= 11 is 1.67. The lowest BCUT2D eigenvalue weighted by Crippen LogP contribution is -2.19. The Bertz CT molecular complexity index is 1130. The van der Waals surface area contributed by atoms with Crippen molar-refractivity contribution in [3.05, 3.63) is 54.1 Å². The van der Waals surface area contributed by atoms with Crippen LogP contribution in [0.25, 0.3) is 0 Å².